The van der Waals surface area contributed by atoms with E-state index in [0.29, 0.717) is 11.6 Å². The number of ether oxygens (including phenoxy) is 2. The fraction of sp³-hybridized carbons (Fsp3) is 0.222. The van der Waals surface area contributed by atoms with E-state index in [0.717, 1.165) is 40.2 Å². The van der Waals surface area contributed by atoms with Crippen LogP contribution in [0.3, 0.4) is 0 Å². The Morgan fingerprint density at radius 2 is 1.91 bits per heavy atom. The van der Waals surface area contributed by atoms with Crippen LogP contribution >= 0.6 is 11.6 Å². The van der Waals surface area contributed by atoms with Crippen LogP contribution in [-0.4, -0.2) is 11.1 Å². The van der Waals surface area contributed by atoms with Gasteiger partial charge in [-0.2, -0.15) is 0 Å². The maximum absolute atomic E-state index is 11.1. The van der Waals surface area contributed by atoms with Gasteiger partial charge in [-0.3, -0.25) is 4.79 Å². The molecular weight excluding hydrogens is 424 g/mol. The molecule has 0 spiro atoms. The van der Waals surface area contributed by atoms with Gasteiger partial charge >= 0.3 is 5.97 Å². The predicted molar refractivity (Wildman–Crippen MR) is 124 cm³/mol. The van der Waals surface area contributed by atoms with E-state index < -0.39 is 5.97 Å². The first-order valence-corrected chi connectivity index (χ1v) is 10.8. The van der Waals surface area contributed by atoms with Crippen molar-refractivity contribution in [3.63, 3.8) is 0 Å². The molecule has 1 N–H and O–H groups in total. The number of carbonyl (C=O) groups is 1. The first-order chi connectivity index (χ1) is 15.5. The van der Waals surface area contributed by atoms with Gasteiger partial charge < -0.3 is 14.6 Å². The third-order valence-electron chi connectivity index (χ3n) is 5.43. The average Bonchev–Trinajstić information content (AvgIpc) is 3.21. The van der Waals surface area contributed by atoms with E-state index in [-0.39, 0.29) is 18.4 Å². The Balaban J connectivity index is 1.38. The second-order valence-electron chi connectivity index (χ2n) is 7.71. The molecule has 4 rings (SSSR count). The van der Waals surface area contributed by atoms with Crippen LogP contribution in [-0.2, 0) is 17.8 Å². The maximum atomic E-state index is 11.1. The molecule has 0 aliphatic carbocycles. The normalized spacial score (nSPS) is 15.1. The summed E-state index contributed by atoms with van der Waals surface area (Å²) in [5.74, 6) is 6.21. The van der Waals surface area contributed by atoms with Gasteiger partial charge in [0.25, 0.3) is 0 Å². The minimum Gasteiger partial charge on any atom is -0.489 e. The van der Waals surface area contributed by atoms with Crippen LogP contribution in [0.5, 0.6) is 11.5 Å². The van der Waals surface area contributed by atoms with Crippen LogP contribution in [0.2, 0.25) is 5.02 Å². The third kappa shape index (κ3) is 5.25. The van der Waals surface area contributed by atoms with Gasteiger partial charge in [0.2, 0.25) is 0 Å². The molecule has 1 aliphatic heterocycles. The quantitative estimate of drug-likeness (QED) is 0.440. The zero-order valence-electron chi connectivity index (χ0n) is 17.7. The Morgan fingerprint density at radius 1 is 1.16 bits per heavy atom. The lowest BCUT2D eigenvalue weighted by Gasteiger charge is -2.11. The summed E-state index contributed by atoms with van der Waals surface area (Å²) in [6, 6.07) is 21.4. The SMILES string of the molecule is CC#CC(CC(=O)O)c1ccc(OCc2ccc3c(c2)CC(c2ccc(Cl)cc2)O3)cc1. The standard InChI is InChI=1S/C27H23ClO4/c1-2-3-21(16-27(29)30)19-7-11-24(12-8-19)31-17-18-4-13-25-22(14-18)15-26(32-25)20-5-9-23(28)10-6-20/h4-14,21,26H,15-17H2,1H3,(H,29,30). The van der Waals surface area contributed by atoms with Crippen LogP contribution in [0.4, 0.5) is 0 Å². The summed E-state index contributed by atoms with van der Waals surface area (Å²) in [7, 11) is 0. The van der Waals surface area contributed by atoms with Gasteiger partial charge in [0.15, 0.2) is 0 Å². The molecule has 0 saturated heterocycles. The van der Waals surface area contributed by atoms with Crippen molar-refractivity contribution in [2.75, 3.05) is 0 Å². The third-order valence-corrected chi connectivity index (χ3v) is 5.68. The molecule has 5 heteroatoms. The molecule has 1 heterocycles. The number of benzene rings is 3. The summed E-state index contributed by atoms with van der Waals surface area (Å²) in [4.78, 5) is 11.1. The van der Waals surface area contributed by atoms with Crippen LogP contribution in [0, 0.1) is 11.8 Å². The Morgan fingerprint density at radius 3 is 2.59 bits per heavy atom. The number of carboxylic acid groups (broad SMARTS) is 1. The first kappa shape index (κ1) is 21.8. The highest BCUT2D eigenvalue weighted by Crippen LogP contribution is 2.37. The van der Waals surface area contributed by atoms with Crippen LogP contribution < -0.4 is 9.47 Å². The van der Waals surface area contributed by atoms with Gasteiger partial charge in [0, 0.05) is 11.4 Å². The van der Waals surface area contributed by atoms with Crippen molar-refractivity contribution >= 4 is 17.6 Å². The summed E-state index contributed by atoms with van der Waals surface area (Å²) >= 11 is 5.99. The lowest BCUT2D eigenvalue weighted by atomic mass is 9.96. The van der Waals surface area contributed by atoms with Crippen molar-refractivity contribution < 1.29 is 19.4 Å². The minimum absolute atomic E-state index is 0.00375. The molecule has 0 aromatic heterocycles. The van der Waals surface area contributed by atoms with Gasteiger partial charge in [-0.1, -0.05) is 47.9 Å². The molecule has 0 bridgehead atoms. The number of hydrogen-bond acceptors (Lipinski definition) is 3. The lowest BCUT2D eigenvalue weighted by molar-refractivity contribution is -0.137. The summed E-state index contributed by atoms with van der Waals surface area (Å²) < 4.78 is 12.0. The average molecular weight is 447 g/mol. The highest BCUT2D eigenvalue weighted by molar-refractivity contribution is 6.30. The number of halogens is 1. The molecule has 0 fully saturated rings. The van der Waals surface area contributed by atoms with Crippen molar-refractivity contribution in [2.45, 2.75) is 38.4 Å². The van der Waals surface area contributed by atoms with Gasteiger partial charge in [-0.05, 0) is 65.6 Å². The number of hydrogen-bond donors (Lipinski definition) is 1. The Bertz CT molecular complexity index is 1160. The number of fused-ring (bicyclic) bond motifs is 1. The minimum atomic E-state index is -0.864. The summed E-state index contributed by atoms with van der Waals surface area (Å²) in [5.41, 5.74) is 4.21. The van der Waals surface area contributed by atoms with E-state index in [1.165, 1.54) is 0 Å². The highest BCUT2D eigenvalue weighted by Gasteiger charge is 2.24. The zero-order chi connectivity index (χ0) is 22.5. The number of aliphatic carboxylic acids is 1. The van der Waals surface area contributed by atoms with E-state index in [2.05, 4.69) is 17.9 Å². The van der Waals surface area contributed by atoms with E-state index in [1.807, 2.05) is 60.7 Å². The number of rotatable bonds is 7. The topological polar surface area (TPSA) is 55.8 Å². The van der Waals surface area contributed by atoms with Crippen molar-refractivity contribution in [3.8, 4) is 23.3 Å². The molecule has 2 atom stereocenters. The van der Waals surface area contributed by atoms with E-state index in [4.69, 9.17) is 26.2 Å². The van der Waals surface area contributed by atoms with E-state index in [1.54, 1.807) is 6.92 Å². The highest BCUT2D eigenvalue weighted by atomic mass is 35.5. The van der Waals surface area contributed by atoms with E-state index >= 15 is 0 Å². The molecule has 3 aromatic carbocycles. The molecule has 32 heavy (non-hydrogen) atoms. The molecule has 0 amide bonds. The molecule has 0 radical (unpaired) electrons. The summed E-state index contributed by atoms with van der Waals surface area (Å²) in [6.07, 6.45) is 0.786. The molecule has 4 nitrogen and oxygen atoms in total. The Kier molecular flexibility index (Phi) is 6.68. The van der Waals surface area contributed by atoms with E-state index in [9.17, 15) is 4.79 Å². The maximum Gasteiger partial charge on any atom is 0.304 e. The molecule has 162 valence electrons. The fourth-order valence-corrected chi connectivity index (χ4v) is 3.95. The lowest BCUT2D eigenvalue weighted by Crippen LogP contribution is -2.04. The van der Waals surface area contributed by atoms with Gasteiger partial charge in [-0.15, -0.1) is 5.92 Å². The van der Waals surface area contributed by atoms with Crippen molar-refractivity contribution in [1.82, 2.24) is 0 Å². The molecule has 3 aromatic rings. The Labute approximate surface area is 192 Å². The zero-order valence-corrected chi connectivity index (χ0v) is 18.4. The smallest absolute Gasteiger partial charge is 0.304 e. The monoisotopic (exact) mass is 446 g/mol. The first-order valence-electron chi connectivity index (χ1n) is 10.4. The second kappa shape index (κ2) is 9.80. The molecule has 0 saturated carbocycles. The van der Waals surface area contributed by atoms with Crippen molar-refractivity contribution in [2.24, 2.45) is 0 Å². The largest absolute Gasteiger partial charge is 0.489 e. The molecule has 1 aliphatic rings. The second-order valence-corrected chi connectivity index (χ2v) is 8.14. The van der Waals surface area contributed by atoms with Crippen LogP contribution in [0.1, 0.15) is 47.6 Å². The predicted octanol–water partition coefficient (Wildman–Crippen LogP) is 6.18. The van der Waals surface area contributed by atoms with Crippen molar-refractivity contribution in [1.29, 1.82) is 0 Å². The van der Waals surface area contributed by atoms with Gasteiger partial charge in [0.1, 0.15) is 24.2 Å². The molecule has 2 unspecified atom stereocenters. The summed E-state index contributed by atoms with van der Waals surface area (Å²) in [6.45, 7) is 2.15. The van der Waals surface area contributed by atoms with Crippen LogP contribution in [0.15, 0.2) is 66.7 Å². The van der Waals surface area contributed by atoms with Crippen molar-refractivity contribution in [3.05, 3.63) is 94.0 Å². The number of carboxylic acids is 1. The van der Waals surface area contributed by atoms with Gasteiger partial charge in [-0.25, -0.2) is 0 Å². The fourth-order valence-electron chi connectivity index (χ4n) is 3.82. The Hall–Kier alpha value is -3.42. The van der Waals surface area contributed by atoms with Crippen LogP contribution in [0.25, 0.3) is 0 Å². The summed E-state index contributed by atoms with van der Waals surface area (Å²) in [5, 5.41) is 9.80. The van der Waals surface area contributed by atoms with Gasteiger partial charge in [0.05, 0.1) is 12.3 Å². The molecular formula is C27H23ClO4.